The Morgan fingerprint density at radius 2 is 1.74 bits per heavy atom. The minimum absolute atomic E-state index is 0.00788. The number of hydrogen-bond acceptors (Lipinski definition) is 10. The van der Waals surface area contributed by atoms with Gasteiger partial charge in [0.15, 0.2) is 0 Å². The second-order valence-electron chi connectivity index (χ2n) is 9.39. The number of sulfonamides is 2. The molecular weight excluding hydrogens is 494 g/mol. The fourth-order valence-corrected chi connectivity index (χ4v) is 6.50. The van der Waals surface area contributed by atoms with Crippen molar-refractivity contribution in [2.24, 2.45) is 0 Å². The number of nitrogens with zero attached hydrogens (tertiary/aromatic N) is 6. The van der Waals surface area contributed by atoms with Crippen LogP contribution >= 0.6 is 0 Å². The molecule has 35 heavy (non-hydrogen) atoms. The number of nitrogen functional groups attached to an aromatic ring is 1. The third kappa shape index (κ3) is 6.25. The van der Waals surface area contributed by atoms with Crippen LogP contribution in [0.5, 0.6) is 0 Å². The zero-order valence-corrected chi connectivity index (χ0v) is 22.2. The van der Waals surface area contributed by atoms with Gasteiger partial charge in [0.2, 0.25) is 26.0 Å². The smallest absolute Gasteiger partial charge is 0.244 e. The fraction of sp³-hybridized carbons (Fsp3) is 0.571. The molecule has 12 nitrogen and oxygen atoms in total. The van der Waals surface area contributed by atoms with Crippen LogP contribution in [-0.2, 0) is 25.6 Å². The molecule has 1 aliphatic rings. The number of aromatic nitrogens is 3. The van der Waals surface area contributed by atoms with Gasteiger partial charge in [-0.25, -0.2) is 31.8 Å². The second-order valence-corrected chi connectivity index (χ2v) is 13.3. The Balaban J connectivity index is 1.96. The lowest BCUT2D eigenvalue weighted by Gasteiger charge is -2.42. The molecule has 3 rings (SSSR count). The van der Waals surface area contributed by atoms with Crippen LogP contribution in [0.4, 0.5) is 11.8 Å². The van der Waals surface area contributed by atoms with E-state index in [2.05, 4.69) is 15.0 Å². The molecule has 2 aromatic heterocycles. The zero-order chi connectivity index (χ0) is 26.2. The van der Waals surface area contributed by atoms with Gasteiger partial charge in [0.05, 0.1) is 17.9 Å². The molecule has 3 N–H and O–H groups in total. The lowest BCUT2D eigenvalue weighted by molar-refractivity contribution is 0.0778. The first kappa shape index (κ1) is 27.2. The normalized spacial score (nSPS) is 18.4. The lowest BCUT2D eigenvalue weighted by atomic mass is 10.0. The van der Waals surface area contributed by atoms with Gasteiger partial charge in [0.25, 0.3) is 0 Å². The highest BCUT2D eigenvalue weighted by Gasteiger charge is 2.38. The third-order valence-corrected chi connectivity index (χ3v) is 9.11. The summed E-state index contributed by atoms with van der Waals surface area (Å²) in [5, 5.41) is 10.2. The van der Waals surface area contributed by atoms with E-state index in [1.807, 2.05) is 4.90 Å². The highest BCUT2D eigenvalue weighted by atomic mass is 32.2. The van der Waals surface area contributed by atoms with Crippen molar-refractivity contribution in [3.8, 4) is 0 Å². The van der Waals surface area contributed by atoms with E-state index in [1.165, 1.54) is 39.3 Å². The maximum Gasteiger partial charge on any atom is 0.244 e. The van der Waals surface area contributed by atoms with Crippen LogP contribution in [0, 0.1) is 0 Å². The first-order valence-electron chi connectivity index (χ1n) is 11.1. The second kappa shape index (κ2) is 9.93. The first-order valence-corrected chi connectivity index (χ1v) is 14.4. The number of pyridine rings is 1. The van der Waals surface area contributed by atoms with Crippen molar-refractivity contribution in [3.63, 3.8) is 0 Å². The molecular formula is C21H33N7O5S2. The number of anilines is 2. The van der Waals surface area contributed by atoms with Gasteiger partial charge in [-0.05, 0) is 39.8 Å². The monoisotopic (exact) mass is 527 g/mol. The maximum absolute atomic E-state index is 13.3. The highest BCUT2D eigenvalue weighted by Crippen LogP contribution is 2.25. The summed E-state index contributed by atoms with van der Waals surface area (Å²) in [5.74, 6) is 0.533. The summed E-state index contributed by atoms with van der Waals surface area (Å²) in [7, 11) is -7.45. The Morgan fingerprint density at radius 1 is 1.11 bits per heavy atom. The Bertz CT molecular complexity index is 1230. The molecule has 0 bridgehead atoms. The predicted molar refractivity (Wildman–Crippen MR) is 133 cm³/mol. The lowest BCUT2D eigenvalue weighted by Crippen LogP contribution is -2.59. The number of aliphatic hydroxyl groups is 1. The average molecular weight is 528 g/mol. The molecule has 0 spiro atoms. The standard InChI is InChI=1S/C21H33N7O5S2/c1-15(2)28(34(5,30)31)14-17-13-26(35(32,33)18-6-7-19(22)23-12-18)8-9-27(17)20-24-10-16(11-25-20)21(3,4)29/h6-7,10-12,15,17,29H,8-9,13-14H2,1-5H3,(H2,22,23)/t17-/m1/s1. The minimum Gasteiger partial charge on any atom is -0.386 e. The van der Waals surface area contributed by atoms with Crippen molar-refractivity contribution in [3.05, 3.63) is 36.3 Å². The molecule has 2 aromatic rings. The van der Waals surface area contributed by atoms with E-state index in [-0.39, 0.29) is 42.9 Å². The topological polar surface area (TPSA) is 163 Å². The number of piperazine rings is 1. The summed E-state index contributed by atoms with van der Waals surface area (Å²) in [4.78, 5) is 14.5. The van der Waals surface area contributed by atoms with E-state index in [1.54, 1.807) is 27.7 Å². The van der Waals surface area contributed by atoms with E-state index in [9.17, 15) is 21.9 Å². The Hall–Kier alpha value is -2.39. The van der Waals surface area contributed by atoms with Crippen molar-refractivity contribution in [1.29, 1.82) is 0 Å². The summed E-state index contributed by atoms with van der Waals surface area (Å²) in [6, 6.07) is 1.92. The Kier molecular flexibility index (Phi) is 7.72. The quantitative estimate of drug-likeness (QED) is 0.486. The van der Waals surface area contributed by atoms with Gasteiger partial charge >= 0.3 is 0 Å². The molecule has 194 valence electrons. The summed E-state index contributed by atoms with van der Waals surface area (Å²) in [6.07, 6.45) is 5.36. The van der Waals surface area contributed by atoms with Gasteiger partial charge in [0.1, 0.15) is 10.7 Å². The van der Waals surface area contributed by atoms with E-state index >= 15 is 0 Å². The fourth-order valence-electron chi connectivity index (χ4n) is 3.88. The zero-order valence-electron chi connectivity index (χ0n) is 20.5. The largest absolute Gasteiger partial charge is 0.386 e. The molecule has 1 fully saturated rings. The molecule has 14 heteroatoms. The first-order chi connectivity index (χ1) is 16.1. The van der Waals surface area contributed by atoms with Gasteiger partial charge in [-0.1, -0.05) is 0 Å². The van der Waals surface area contributed by atoms with Gasteiger partial charge in [-0.3, -0.25) is 0 Å². The van der Waals surface area contributed by atoms with Crippen molar-refractivity contribution < 1.29 is 21.9 Å². The summed E-state index contributed by atoms with van der Waals surface area (Å²) in [6.45, 7) is 7.20. The van der Waals surface area contributed by atoms with Crippen LogP contribution in [0.2, 0.25) is 0 Å². The molecule has 3 heterocycles. The van der Waals surface area contributed by atoms with Crippen molar-refractivity contribution in [2.45, 2.75) is 50.3 Å². The average Bonchev–Trinajstić information content (AvgIpc) is 2.76. The van der Waals surface area contributed by atoms with Crippen molar-refractivity contribution >= 4 is 31.8 Å². The van der Waals surface area contributed by atoms with Crippen molar-refractivity contribution in [1.82, 2.24) is 23.6 Å². The molecule has 0 aromatic carbocycles. The molecule has 0 saturated carbocycles. The van der Waals surface area contributed by atoms with E-state index in [0.29, 0.717) is 11.5 Å². The van der Waals surface area contributed by atoms with Crippen LogP contribution in [0.25, 0.3) is 0 Å². The van der Waals surface area contributed by atoms with Crippen LogP contribution < -0.4 is 10.6 Å². The molecule has 1 atom stereocenters. The number of rotatable bonds is 8. The molecule has 1 aliphatic heterocycles. The molecule has 0 radical (unpaired) electrons. The van der Waals surface area contributed by atoms with Gasteiger partial charge in [-0.15, -0.1) is 0 Å². The Morgan fingerprint density at radius 3 is 2.23 bits per heavy atom. The summed E-state index contributed by atoms with van der Waals surface area (Å²) in [5.41, 5.74) is 5.00. The number of hydrogen-bond donors (Lipinski definition) is 2. The van der Waals surface area contributed by atoms with Gasteiger partial charge in [-0.2, -0.15) is 8.61 Å². The van der Waals surface area contributed by atoms with Gasteiger partial charge in [0, 0.05) is 56.4 Å². The van der Waals surface area contributed by atoms with Crippen LogP contribution in [-0.4, -0.2) is 90.0 Å². The molecule has 0 unspecified atom stereocenters. The molecule has 0 aliphatic carbocycles. The van der Waals surface area contributed by atoms with Crippen LogP contribution in [0.15, 0.2) is 35.6 Å². The number of nitrogens with two attached hydrogens (primary N) is 1. The minimum atomic E-state index is -3.89. The maximum atomic E-state index is 13.3. The van der Waals surface area contributed by atoms with Crippen molar-refractivity contribution in [2.75, 3.05) is 43.1 Å². The highest BCUT2D eigenvalue weighted by molar-refractivity contribution is 7.89. The molecule has 0 amide bonds. The van der Waals surface area contributed by atoms with E-state index in [4.69, 9.17) is 5.73 Å². The van der Waals surface area contributed by atoms with Crippen LogP contribution in [0.3, 0.4) is 0 Å². The predicted octanol–water partition coefficient (Wildman–Crippen LogP) is 0.231. The third-order valence-electron chi connectivity index (χ3n) is 5.84. The molecule has 1 saturated heterocycles. The summed E-state index contributed by atoms with van der Waals surface area (Å²) >= 11 is 0. The van der Waals surface area contributed by atoms with E-state index in [0.717, 1.165) is 6.26 Å². The van der Waals surface area contributed by atoms with E-state index < -0.39 is 31.7 Å². The van der Waals surface area contributed by atoms with Crippen LogP contribution in [0.1, 0.15) is 33.3 Å². The SMILES string of the molecule is CC(C)N(C[C@H]1CN(S(=O)(=O)c2ccc(N)nc2)CCN1c1ncc(C(C)(C)O)cn1)S(C)(=O)=O. The summed E-state index contributed by atoms with van der Waals surface area (Å²) < 4.78 is 54.2. The Labute approximate surface area is 206 Å². The van der Waals surface area contributed by atoms with Gasteiger partial charge < -0.3 is 15.7 Å².